The van der Waals surface area contributed by atoms with Crippen LogP contribution in [0.4, 0.5) is 0 Å². The molecule has 0 bridgehead atoms. The van der Waals surface area contributed by atoms with Gasteiger partial charge in [0.25, 0.3) is 0 Å². The smallest absolute Gasteiger partial charge is 0.237 e. The van der Waals surface area contributed by atoms with Crippen molar-refractivity contribution in [3.63, 3.8) is 0 Å². The summed E-state index contributed by atoms with van der Waals surface area (Å²) < 4.78 is 2.56. The molecule has 0 radical (unpaired) electrons. The number of aliphatic imine (C=N–C) groups is 1. The van der Waals surface area contributed by atoms with Gasteiger partial charge < -0.3 is 17.6 Å². The monoisotopic (exact) mass is 388 g/mol. The molecule has 1 aromatic heterocycles. The first-order valence-corrected chi connectivity index (χ1v) is 8.33. The van der Waals surface area contributed by atoms with E-state index in [0.29, 0.717) is 17.2 Å². The second-order valence-corrected chi connectivity index (χ2v) is 6.32. The highest BCUT2D eigenvalue weighted by Crippen LogP contribution is 2.20. The average molecular weight is 389 g/mol. The van der Waals surface area contributed by atoms with Crippen molar-refractivity contribution in [2.24, 2.45) is 4.99 Å². The molecule has 2 rings (SSSR count). The van der Waals surface area contributed by atoms with Crippen LogP contribution in [0, 0.1) is 6.92 Å². The summed E-state index contributed by atoms with van der Waals surface area (Å²) in [6.45, 7) is 6.01. The van der Waals surface area contributed by atoms with Gasteiger partial charge in [0.15, 0.2) is 12.4 Å². The Morgan fingerprint density at radius 3 is 2.78 bits per heavy atom. The summed E-state index contributed by atoms with van der Waals surface area (Å²) in [7, 11) is 0. The number of nitrogens with zero attached hydrogens (tertiary/aromatic N) is 2. The second kappa shape index (κ2) is 8.13. The van der Waals surface area contributed by atoms with E-state index in [4.69, 9.17) is 12.6 Å². The third kappa shape index (κ3) is 4.33. The molecule has 0 unspecified atom stereocenters. The van der Waals surface area contributed by atoms with E-state index in [-0.39, 0.29) is 5.78 Å². The summed E-state index contributed by atoms with van der Waals surface area (Å²) >= 11 is 8.85. The summed E-state index contributed by atoms with van der Waals surface area (Å²) in [5.74, 6) is -0.0918. The van der Waals surface area contributed by atoms with Gasteiger partial charge in [0.1, 0.15) is 0 Å². The van der Waals surface area contributed by atoms with E-state index in [1.807, 2.05) is 54.2 Å². The Bertz CT molecular complexity index is 758. The van der Waals surface area contributed by atoms with Crippen LogP contribution in [0.5, 0.6) is 0 Å². The predicted octanol–water partition coefficient (Wildman–Crippen LogP) is 3.60. The molecule has 0 N–H and O–H groups in total. The normalized spacial score (nSPS) is 12.7. The van der Waals surface area contributed by atoms with Crippen LogP contribution in [0.2, 0.25) is 0 Å². The first kappa shape index (κ1) is 17.5. The van der Waals surface area contributed by atoms with Gasteiger partial charge in [0, 0.05) is 21.7 Å². The Morgan fingerprint density at radius 1 is 1.39 bits per heavy atom. The minimum atomic E-state index is -0.649. The van der Waals surface area contributed by atoms with Crippen LogP contribution >= 0.6 is 15.9 Å². The number of hydrogen-bond acceptors (Lipinski definition) is 3. The topological polar surface area (TPSA) is 33.3 Å². The summed E-state index contributed by atoms with van der Waals surface area (Å²) in [5, 5.41) is 0.348. The standard InChI is InChI=1S/C18H17BrN2OS/c1-3-10-20-18(23)16(21-11-6-7-13(2)12-21)17(22)14-8-4-5-9-15(14)19/h3-9,11-12,16H,1,10H2,2H3/t16-/m1/s1. The number of carbonyl (C=O) groups is 1. The summed E-state index contributed by atoms with van der Waals surface area (Å²) in [5.41, 5.74) is 1.63. The van der Waals surface area contributed by atoms with Crippen molar-refractivity contribution in [3.05, 3.63) is 77.0 Å². The second-order valence-electron chi connectivity index (χ2n) is 5.04. The van der Waals surface area contributed by atoms with Crippen LogP contribution in [-0.2, 0) is 12.6 Å². The Kier molecular flexibility index (Phi) is 6.19. The van der Waals surface area contributed by atoms with Gasteiger partial charge in [-0.25, -0.2) is 0 Å². The van der Waals surface area contributed by atoms with E-state index in [1.54, 1.807) is 12.1 Å². The Labute approximate surface area is 150 Å². The lowest BCUT2D eigenvalue weighted by Gasteiger charge is -2.19. The summed E-state index contributed by atoms with van der Waals surface area (Å²) in [4.78, 5) is 17.3. The highest BCUT2D eigenvalue weighted by Gasteiger charge is 2.29. The van der Waals surface area contributed by atoms with Crippen LogP contribution in [0.15, 0.2) is 70.9 Å². The molecular weight excluding hydrogens is 372 g/mol. The molecule has 5 heteroatoms. The lowest BCUT2D eigenvalue weighted by Crippen LogP contribution is -2.48. The lowest BCUT2D eigenvalue weighted by atomic mass is 10.0. The van der Waals surface area contributed by atoms with E-state index in [2.05, 4.69) is 27.5 Å². The Morgan fingerprint density at radius 2 is 2.13 bits per heavy atom. The predicted molar refractivity (Wildman–Crippen MR) is 98.7 cm³/mol. The number of aryl methyl sites for hydroxylation is 1. The van der Waals surface area contributed by atoms with E-state index >= 15 is 0 Å². The molecule has 0 fully saturated rings. The van der Waals surface area contributed by atoms with Crippen LogP contribution < -0.4 is 4.57 Å². The van der Waals surface area contributed by atoms with Crippen LogP contribution in [-0.4, -0.2) is 17.4 Å². The molecule has 0 spiro atoms. The van der Waals surface area contributed by atoms with Gasteiger partial charge in [-0.2, -0.15) is 4.57 Å². The molecule has 0 aliphatic rings. The first-order valence-electron chi connectivity index (χ1n) is 7.13. The van der Waals surface area contributed by atoms with Crippen molar-refractivity contribution in [1.29, 1.82) is 0 Å². The molecular formula is C18H17BrN2OS. The van der Waals surface area contributed by atoms with Gasteiger partial charge in [-0.15, -0.1) is 6.58 Å². The number of hydrogen-bond donors (Lipinski definition) is 0. The Balaban J connectivity index is 2.51. The fourth-order valence-corrected chi connectivity index (χ4v) is 2.98. The maximum atomic E-state index is 13.1. The van der Waals surface area contributed by atoms with Crippen LogP contribution in [0.1, 0.15) is 22.0 Å². The van der Waals surface area contributed by atoms with Crippen LogP contribution in [0.3, 0.4) is 0 Å². The number of rotatable bonds is 6. The zero-order valence-electron chi connectivity index (χ0n) is 12.8. The van der Waals surface area contributed by atoms with Crippen LogP contribution in [0.25, 0.3) is 0 Å². The third-order valence-electron chi connectivity index (χ3n) is 3.27. The molecule has 0 saturated heterocycles. The molecule has 2 aromatic rings. The van der Waals surface area contributed by atoms with Crippen molar-refractivity contribution in [1.82, 2.24) is 0 Å². The number of benzene rings is 1. The number of pyridine rings is 1. The van der Waals surface area contributed by atoms with Gasteiger partial charge in [-0.05, 0) is 30.2 Å². The minimum Gasteiger partial charge on any atom is -0.758 e. The van der Waals surface area contributed by atoms with Gasteiger partial charge in [0.2, 0.25) is 11.8 Å². The molecule has 0 aliphatic carbocycles. The van der Waals surface area contributed by atoms with Crippen molar-refractivity contribution in [2.75, 3.05) is 6.54 Å². The highest BCUT2D eigenvalue weighted by atomic mass is 79.9. The number of Topliss-reactive ketones (excluding diaryl/α,β-unsaturated/α-hetero) is 1. The molecule has 3 nitrogen and oxygen atoms in total. The number of aromatic nitrogens is 1. The molecule has 0 aliphatic heterocycles. The van der Waals surface area contributed by atoms with E-state index in [1.165, 1.54) is 0 Å². The maximum absolute atomic E-state index is 13.1. The summed E-state index contributed by atoms with van der Waals surface area (Å²) in [6, 6.07) is 10.5. The zero-order chi connectivity index (χ0) is 16.8. The quantitative estimate of drug-likeness (QED) is 0.189. The fourth-order valence-electron chi connectivity index (χ4n) is 2.20. The third-order valence-corrected chi connectivity index (χ3v) is 4.31. The largest absolute Gasteiger partial charge is 0.758 e. The molecule has 118 valence electrons. The van der Waals surface area contributed by atoms with Gasteiger partial charge >= 0.3 is 0 Å². The molecule has 0 saturated carbocycles. The SMILES string of the molecule is C=CCN=C([S-])[C@@H](C(=O)c1ccccc1Br)[n+]1cccc(C)c1. The van der Waals surface area contributed by atoms with Crippen molar-refractivity contribution >= 4 is 39.4 Å². The summed E-state index contributed by atoms with van der Waals surface area (Å²) in [6.07, 6.45) is 5.39. The number of carbonyl (C=O) groups excluding carboxylic acids is 1. The maximum Gasteiger partial charge on any atom is 0.237 e. The van der Waals surface area contributed by atoms with Crippen molar-refractivity contribution in [2.45, 2.75) is 13.0 Å². The highest BCUT2D eigenvalue weighted by molar-refractivity contribution is 9.10. The first-order chi connectivity index (χ1) is 11.0. The number of halogens is 1. The molecule has 1 aromatic carbocycles. The minimum absolute atomic E-state index is 0.0918. The van der Waals surface area contributed by atoms with Gasteiger partial charge in [0.05, 0.1) is 6.54 Å². The molecule has 1 heterocycles. The molecule has 23 heavy (non-hydrogen) atoms. The van der Waals surface area contributed by atoms with Gasteiger partial charge in [-0.3, -0.25) is 4.79 Å². The van der Waals surface area contributed by atoms with Gasteiger partial charge in [-0.1, -0.05) is 34.1 Å². The van der Waals surface area contributed by atoms with E-state index < -0.39 is 6.04 Å². The average Bonchev–Trinajstić information content (AvgIpc) is 2.53. The fraction of sp³-hybridized carbons (Fsp3) is 0.167. The molecule has 1 atom stereocenters. The van der Waals surface area contributed by atoms with E-state index in [9.17, 15) is 4.79 Å². The van der Waals surface area contributed by atoms with Crippen molar-refractivity contribution in [3.8, 4) is 0 Å². The van der Waals surface area contributed by atoms with Crippen molar-refractivity contribution < 1.29 is 9.36 Å². The Hall–Kier alpha value is -1.85. The van der Waals surface area contributed by atoms with E-state index in [0.717, 1.165) is 10.0 Å². The lowest BCUT2D eigenvalue weighted by molar-refractivity contribution is -0.692. The molecule has 0 amide bonds. The number of ketones is 1. The zero-order valence-corrected chi connectivity index (χ0v) is 15.2.